The van der Waals surface area contributed by atoms with E-state index in [1.807, 2.05) is 18.2 Å². The minimum absolute atomic E-state index is 0.359. The van der Waals surface area contributed by atoms with Crippen molar-refractivity contribution in [3.8, 4) is 0 Å². The molecule has 2 rings (SSSR count). The Kier molecular flexibility index (Phi) is 5.85. The number of carbonyl (C=O) groups excluding carboxylic acids is 1. The summed E-state index contributed by atoms with van der Waals surface area (Å²) in [5, 5.41) is 6.71. The SMILES string of the molecule is COC(=O)c1ccc(NC(=S)NCCc2ccccn2)cc1. The van der Waals surface area contributed by atoms with Crippen LogP contribution < -0.4 is 10.6 Å². The first-order valence-corrected chi connectivity index (χ1v) is 7.23. The molecule has 0 atom stereocenters. The van der Waals surface area contributed by atoms with E-state index in [2.05, 4.69) is 20.4 Å². The van der Waals surface area contributed by atoms with Crippen LogP contribution in [0.2, 0.25) is 0 Å². The van der Waals surface area contributed by atoms with Crippen molar-refractivity contribution in [1.29, 1.82) is 0 Å². The molecule has 114 valence electrons. The summed E-state index contributed by atoms with van der Waals surface area (Å²) >= 11 is 5.22. The monoisotopic (exact) mass is 315 g/mol. The molecule has 2 N–H and O–H groups in total. The summed E-state index contributed by atoms with van der Waals surface area (Å²) in [5.41, 5.74) is 2.32. The summed E-state index contributed by atoms with van der Waals surface area (Å²) < 4.78 is 4.65. The van der Waals surface area contributed by atoms with E-state index in [0.717, 1.165) is 17.8 Å². The Hall–Kier alpha value is -2.47. The van der Waals surface area contributed by atoms with Gasteiger partial charge in [-0.25, -0.2) is 4.79 Å². The van der Waals surface area contributed by atoms with Crippen LogP contribution in [0.5, 0.6) is 0 Å². The van der Waals surface area contributed by atoms with Crippen LogP contribution in [0.1, 0.15) is 16.1 Å². The molecular formula is C16H17N3O2S. The van der Waals surface area contributed by atoms with E-state index < -0.39 is 0 Å². The Bertz CT molecular complexity index is 630. The highest BCUT2D eigenvalue weighted by Crippen LogP contribution is 2.10. The zero-order valence-electron chi connectivity index (χ0n) is 12.2. The number of rotatable bonds is 5. The fourth-order valence-corrected chi connectivity index (χ4v) is 2.05. The average molecular weight is 315 g/mol. The normalized spacial score (nSPS) is 9.86. The molecule has 0 spiro atoms. The second-order valence-corrected chi connectivity index (χ2v) is 4.93. The first-order valence-electron chi connectivity index (χ1n) is 6.82. The Balaban J connectivity index is 1.78. The Morgan fingerprint density at radius 2 is 2.00 bits per heavy atom. The van der Waals surface area contributed by atoms with Crippen LogP contribution in [0.25, 0.3) is 0 Å². The lowest BCUT2D eigenvalue weighted by Crippen LogP contribution is -2.30. The van der Waals surface area contributed by atoms with Gasteiger partial charge >= 0.3 is 5.97 Å². The fraction of sp³-hybridized carbons (Fsp3) is 0.188. The van der Waals surface area contributed by atoms with Crippen LogP contribution in [0.4, 0.5) is 5.69 Å². The third-order valence-electron chi connectivity index (χ3n) is 2.96. The molecule has 0 amide bonds. The van der Waals surface area contributed by atoms with Crippen LogP contribution in [0, 0.1) is 0 Å². The molecule has 5 nitrogen and oxygen atoms in total. The maximum absolute atomic E-state index is 11.3. The van der Waals surface area contributed by atoms with Crippen LogP contribution in [0.15, 0.2) is 48.7 Å². The number of benzene rings is 1. The Labute approximate surface area is 134 Å². The van der Waals surface area contributed by atoms with Gasteiger partial charge in [-0.15, -0.1) is 0 Å². The van der Waals surface area contributed by atoms with Crippen LogP contribution in [-0.2, 0) is 11.2 Å². The highest BCUT2D eigenvalue weighted by molar-refractivity contribution is 7.80. The van der Waals surface area contributed by atoms with Gasteiger partial charge in [0.25, 0.3) is 0 Å². The van der Waals surface area contributed by atoms with Crippen molar-refractivity contribution in [2.75, 3.05) is 19.0 Å². The number of anilines is 1. The number of nitrogens with zero attached hydrogens (tertiary/aromatic N) is 1. The molecule has 2 aromatic rings. The highest BCUT2D eigenvalue weighted by Gasteiger charge is 2.04. The lowest BCUT2D eigenvalue weighted by atomic mass is 10.2. The number of hydrogen-bond donors (Lipinski definition) is 2. The molecule has 0 bridgehead atoms. The standard InChI is InChI=1S/C16H17N3O2S/c1-21-15(20)12-5-7-14(8-6-12)19-16(22)18-11-9-13-4-2-3-10-17-13/h2-8,10H,9,11H2,1H3,(H2,18,19,22). The summed E-state index contributed by atoms with van der Waals surface area (Å²) in [4.78, 5) is 15.6. The number of pyridine rings is 1. The Morgan fingerprint density at radius 3 is 2.64 bits per heavy atom. The smallest absolute Gasteiger partial charge is 0.337 e. The predicted molar refractivity (Wildman–Crippen MR) is 89.9 cm³/mol. The maximum atomic E-state index is 11.3. The van der Waals surface area contributed by atoms with Crippen LogP contribution in [-0.4, -0.2) is 29.7 Å². The molecule has 0 aliphatic rings. The van der Waals surface area contributed by atoms with Crippen LogP contribution in [0.3, 0.4) is 0 Å². The maximum Gasteiger partial charge on any atom is 0.337 e. The quantitative estimate of drug-likeness (QED) is 0.652. The van der Waals surface area contributed by atoms with E-state index in [9.17, 15) is 4.79 Å². The molecule has 1 aromatic heterocycles. The molecule has 0 fully saturated rings. The minimum Gasteiger partial charge on any atom is -0.465 e. The number of aromatic nitrogens is 1. The van der Waals surface area contributed by atoms with E-state index in [0.29, 0.717) is 17.2 Å². The highest BCUT2D eigenvalue weighted by atomic mass is 32.1. The van der Waals surface area contributed by atoms with Crippen molar-refractivity contribution in [1.82, 2.24) is 10.3 Å². The van der Waals surface area contributed by atoms with Gasteiger partial charge in [-0.3, -0.25) is 4.98 Å². The van der Waals surface area contributed by atoms with E-state index in [4.69, 9.17) is 12.2 Å². The Morgan fingerprint density at radius 1 is 1.23 bits per heavy atom. The second kappa shape index (κ2) is 8.09. The summed E-state index contributed by atoms with van der Waals surface area (Å²) in [6, 6.07) is 12.7. The molecule has 1 aromatic carbocycles. The number of esters is 1. The number of carbonyl (C=O) groups is 1. The lowest BCUT2D eigenvalue weighted by Gasteiger charge is -2.10. The summed E-state index contributed by atoms with van der Waals surface area (Å²) in [6.45, 7) is 0.698. The molecule has 0 radical (unpaired) electrons. The van der Waals surface area contributed by atoms with Gasteiger partial charge in [0.2, 0.25) is 0 Å². The summed E-state index contributed by atoms with van der Waals surface area (Å²) in [6.07, 6.45) is 2.57. The predicted octanol–water partition coefficient (Wildman–Crippen LogP) is 2.40. The topological polar surface area (TPSA) is 63.2 Å². The van der Waals surface area contributed by atoms with Gasteiger partial charge in [0.1, 0.15) is 0 Å². The molecular weight excluding hydrogens is 298 g/mol. The zero-order valence-corrected chi connectivity index (χ0v) is 13.0. The first kappa shape index (κ1) is 15.9. The van der Waals surface area contributed by atoms with Crippen molar-refractivity contribution >= 4 is 29.0 Å². The number of thiocarbonyl (C=S) groups is 1. The summed E-state index contributed by atoms with van der Waals surface area (Å²) in [5.74, 6) is -0.359. The third-order valence-corrected chi connectivity index (χ3v) is 3.20. The number of nitrogens with one attached hydrogen (secondary N) is 2. The molecule has 0 unspecified atom stereocenters. The van der Waals surface area contributed by atoms with Gasteiger partial charge in [0.05, 0.1) is 12.7 Å². The van der Waals surface area contributed by atoms with Crippen molar-refractivity contribution in [3.05, 3.63) is 59.9 Å². The van der Waals surface area contributed by atoms with Gasteiger partial charge in [0, 0.05) is 30.5 Å². The summed E-state index contributed by atoms with van der Waals surface area (Å²) in [7, 11) is 1.36. The van der Waals surface area contributed by atoms with Gasteiger partial charge in [0.15, 0.2) is 5.11 Å². The van der Waals surface area contributed by atoms with Gasteiger partial charge in [-0.05, 0) is 48.6 Å². The molecule has 0 saturated heterocycles. The first-order chi connectivity index (χ1) is 10.7. The molecule has 1 heterocycles. The van der Waals surface area contributed by atoms with Crippen molar-refractivity contribution < 1.29 is 9.53 Å². The molecule has 0 aliphatic carbocycles. The van der Waals surface area contributed by atoms with Crippen molar-refractivity contribution in [2.45, 2.75) is 6.42 Å². The largest absolute Gasteiger partial charge is 0.465 e. The number of methoxy groups -OCH3 is 1. The fourth-order valence-electron chi connectivity index (χ4n) is 1.83. The van der Waals surface area contributed by atoms with E-state index >= 15 is 0 Å². The van der Waals surface area contributed by atoms with Crippen molar-refractivity contribution in [2.24, 2.45) is 0 Å². The minimum atomic E-state index is -0.359. The van der Waals surface area contributed by atoms with Crippen LogP contribution >= 0.6 is 12.2 Å². The van der Waals surface area contributed by atoms with Gasteiger partial charge in [-0.1, -0.05) is 6.07 Å². The zero-order chi connectivity index (χ0) is 15.8. The molecule has 22 heavy (non-hydrogen) atoms. The average Bonchev–Trinajstić information content (AvgIpc) is 2.56. The molecule has 0 aliphatic heterocycles. The molecule has 0 saturated carbocycles. The van der Waals surface area contributed by atoms with E-state index in [-0.39, 0.29) is 5.97 Å². The number of hydrogen-bond acceptors (Lipinski definition) is 4. The van der Waals surface area contributed by atoms with Gasteiger partial charge in [-0.2, -0.15) is 0 Å². The number of ether oxygens (including phenoxy) is 1. The van der Waals surface area contributed by atoms with E-state index in [1.54, 1.807) is 30.5 Å². The van der Waals surface area contributed by atoms with Gasteiger partial charge < -0.3 is 15.4 Å². The van der Waals surface area contributed by atoms with E-state index in [1.165, 1.54) is 7.11 Å². The molecule has 6 heteroatoms. The third kappa shape index (κ3) is 4.82. The second-order valence-electron chi connectivity index (χ2n) is 4.52. The lowest BCUT2D eigenvalue weighted by molar-refractivity contribution is 0.0601. The van der Waals surface area contributed by atoms with Crippen molar-refractivity contribution in [3.63, 3.8) is 0 Å².